The lowest BCUT2D eigenvalue weighted by Crippen LogP contribution is -2.08. The number of carbonyl (C=O) groups is 1. The zero-order valence-corrected chi connectivity index (χ0v) is 13.0. The Labute approximate surface area is 131 Å². The van der Waals surface area contributed by atoms with E-state index in [1.807, 2.05) is 0 Å². The van der Waals surface area contributed by atoms with Crippen LogP contribution in [-0.2, 0) is 4.74 Å². The molecule has 0 saturated heterocycles. The lowest BCUT2D eigenvalue weighted by atomic mass is 10.1. The molecule has 114 valence electrons. The monoisotopic (exact) mass is 317 g/mol. The quantitative estimate of drug-likeness (QED) is 0.502. The average Bonchev–Trinajstić information content (AvgIpc) is 2.53. The number of carbonyl (C=O) groups excluding carboxylic acids is 1. The number of hydrogen-bond donors (Lipinski definition) is 2. The van der Waals surface area contributed by atoms with Gasteiger partial charge in [-0.1, -0.05) is 23.9 Å². The molecule has 0 radical (unpaired) electrons. The molecular formula is C15H15N3O3S. The third-order valence-electron chi connectivity index (χ3n) is 2.91. The van der Waals surface area contributed by atoms with Crippen molar-refractivity contribution in [2.45, 2.75) is 6.92 Å². The second-order valence-corrected chi connectivity index (χ2v) is 5.12. The number of thioether (sulfide) groups is 1. The molecule has 0 atom stereocenters. The summed E-state index contributed by atoms with van der Waals surface area (Å²) in [5.41, 5.74) is 2.63. The van der Waals surface area contributed by atoms with Crippen molar-refractivity contribution in [2.75, 3.05) is 13.7 Å². The van der Waals surface area contributed by atoms with Crippen LogP contribution in [0.5, 0.6) is 5.88 Å². The molecule has 0 aliphatic heterocycles. The maximum absolute atomic E-state index is 11.9. The van der Waals surface area contributed by atoms with Gasteiger partial charge in [-0.15, -0.1) is 0 Å². The number of ether oxygens (including phenoxy) is 2. The fraction of sp³-hybridized carbons (Fsp3) is 0.200. The van der Waals surface area contributed by atoms with Crippen molar-refractivity contribution < 1.29 is 14.3 Å². The molecule has 22 heavy (non-hydrogen) atoms. The number of benzene rings is 1. The lowest BCUT2D eigenvalue weighted by molar-refractivity contribution is 0.0522. The van der Waals surface area contributed by atoms with E-state index in [2.05, 4.69) is 4.98 Å². The van der Waals surface area contributed by atoms with E-state index < -0.39 is 5.97 Å². The molecule has 1 heterocycles. The fourth-order valence-electron chi connectivity index (χ4n) is 1.93. The van der Waals surface area contributed by atoms with Crippen LogP contribution in [0.15, 0.2) is 24.3 Å². The van der Waals surface area contributed by atoms with E-state index in [9.17, 15) is 4.79 Å². The summed E-state index contributed by atoms with van der Waals surface area (Å²) in [5.74, 6) is -0.292. The Bertz CT molecular complexity index is 746. The van der Waals surface area contributed by atoms with Crippen LogP contribution in [0.1, 0.15) is 22.8 Å². The Morgan fingerprint density at radius 1 is 1.41 bits per heavy atom. The highest BCUT2D eigenvalue weighted by Gasteiger charge is 2.16. The fourth-order valence-corrected chi connectivity index (χ4v) is 2.31. The van der Waals surface area contributed by atoms with Gasteiger partial charge in [0.2, 0.25) is 5.88 Å². The van der Waals surface area contributed by atoms with Gasteiger partial charge in [0.1, 0.15) is 5.56 Å². The van der Waals surface area contributed by atoms with E-state index in [0.717, 1.165) is 22.7 Å². The molecule has 2 rings (SSSR count). The van der Waals surface area contributed by atoms with Gasteiger partial charge in [-0.05, 0) is 19.1 Å². The molecule has 0 bridgehead atoms. The Morgan fingerprint density at radius 2 is 2.18 bits per heavy atom. The van der Waals surface area contributed by atoms with Gasteiger partial charge in [-0.2, -0.15) is 0 Å². The SMILES string of the molecule is CCOC(=O)c1cc2ccc(C(=N)SC=N)cc2nc1OC. The molecule has 2 N–H and O–H groups in total. The number of rotatable bonds is 5. The predicted octanol–water partition coefficient (Wildman–Crippen LogP) is 3.09. The highest BCUT2D eigenvalue weighted by Crippen LogP contribution is 2.25. The number of esters is 1. The standard InChI is InChI=1S/C15H15N3O3S/c1-3-21-15(19)11-6-9-4-5-10(13(17)22-8-16)7-12(9)18-14(11)20-2/h4-8,16-17H,3H2,1-2H3. The van der Waals surface area contributed by atoms with E-state index in [1.54, 1.807) is 31.2 Å². The minimum absolute atomic E-state index is 0.189. The zero-order valence-electron chi connectivity index (χ0n) is 12.2. The summed E-state index contributed by atoms with van der Waals surface area (Å²) < 4.78 is 10.2. The van der Waals surface area contributed by atoms with E-state index in [4.69, 9.17) is 20.3 Å². The van der Waals surface area contributed by atoms with Gasteiger partial charge in [0.25, 0.3) is 0 Å². The molecule has 0 aliphatic rings. The molecule has 7 heteroatoms. The average molecular weight is 317 g/mol. The number of aromatic nitrogens is 1. The van der Waals surface area contributed by atoms with Crippen LogP contribution in [0.3, 0.4) is 0 Å². The topological polar surface area (TPSA) is 96.1 Å². The highest BCUT2D eigenvalue weighted by molar-refractivity contribution is 8.25. The predicted molar refractivity (Wildman–Crippen MR) is 87.5 cm³/mol. The number of hydrogen-bond acceptors (Lipinski definition) is 7. The maximum Gasteiger partial charge on any atom is 0.343 e. The summed E-state index contributed by atoms with van der Waals surface area (Å²) >= 11 is 1.01. The summed E-state index contributed by atoms with van der Waals surface area (Å²) in [6, 6.07) is 6.92. The van der Waals surface area contributed by atoms with Crippen LogP contribution in [0.2, 0.25) is 0 Å². The van der Waals surface area contributed by atoms with Crippen LogP contribution < -0.4 is 4.74 Å². The first-order valence-electron chi connectivity index (χ1n) is 6.51. The van der Waals surface area contributed by atoms with E-state index in [-0.39, 0.29) is 23.1 Å². The van der Waals surface area contributed by atoms with Gasteiger partial charge in [0.05, 0.1) is 29.8 Å². The minimum Gasteiger partial charge on any atom is -0.480 e. The normalized spacial score (nSPS) is 10.3. The Balaban J connectivity index is 2.51. The second kappa shape index (κ2) is 7.04. The molecule has 0 aliphatic carbocycles. The molecule has 0 spiro atoms. The summed E-state index contributed by atoms with van der Waals surface area (Å²) in [5, 5.41) is 15.9. The van der Waals surface area contributed by atoms with Gasteiger partial charge < -0.3 is 14.9 Å². The summed E-state index contributed by atoms with van der Waals surface area (Å²) in [4.78, 5) is 16.2. The maximum atomic E-state index is 11.9. The molecule has 6 nitrogen and oxygen atoms in total. The van der Waals surface area contributed by atoms with Crippen molar-refractivity contribution in [3.63, 3.8) is 0 Å². The molecule has 2 aromatic rings. The Morgan fingerprint density at radius 3 is 2.82 bits per heavy atom. The lowest BCUT2D eigenvalue weighted by Gasteiger charge is -2.09. The van der Waals surface area contributed by atoms with Crippen molar-refractivity contribution in [1.29, 1.82) is 10.8 Å². The number of nitrogens with zero attached hydrogens (tertiary/aromatic N) is 1. The van der Waals surface area contributed by atoms with Crippen molar-refractivity contribution in [3.8, 4) is 5.88 Å². The summed E-state index contributed by atoms with van der Waals surface area (Å²) in [7, 11) is 1.44. The third kappa shape index (κ3) is 3.25. The van der Waals surface area contributed by atoms with Crippen LogP contribution in [0.4, 0.5) is 0 Å². The van der Waals surface area contributed by atoms with E-state index in [0.29, 0.717) is 11.1 Å². The van der Waals surface area contributed by atoms with Crippen LogP contribution >= 0.6 is 11.8 Å². The smallest absolute Gasteiger partial charge is 0.343 e. The van der Waals surface area contributed by atoms with Crippen LogP contribution in [0.25, 0.3) is 10.9 Å². The molecule has 0 fully saturated rings. The molecule has 1 aromatic heterocycles. The van der Waals surface area contributed by atoms with Gasteiger partial charge >= 0.3 is 5.97 Å². The molecule has 1 aromatic carbocycles. The van der Waals surface area contributed by atoms with Crippen molar-refractivity contribution >= 4 is 39.2 Å². The number of methoxy groups -OCH3 is 1. The third-order valence-corrected chi connectivity index (χ3v) is 3.50. The highest BCUT2D eigenvalue weighted by atomic mass is 32.2. The van der Waals surface area contributed by atoms with E-state index in [1.165, 1.54) is 7.11 Å². The first kappa shape index (κ1) is 16.0. The zero-order chi connectivity index (χ0) is 16.1. The summed E-state index contributed by atoms with van der Waals surface area (Å²) in [6.45, 7) is 2.01. The van der Waals surface area contributed by atoms with Crippen molar-refractivity contribution in [1.82, 2.24) is 4.98 Å². The largest absolute Gasteiger partial charge is 0.480 e. The van der Waals surface area contributed by atoms with E-state index >= 15 is 0 Å². The van der Waals surface area contributed by atoms with Gasteiger partial charge in [-0.25, -0.2) is 9.78 Å². The Hall–Kier alpha value is -2.41. The van der Waals surface area contributed by atoms with Crippen LogP contribution in [0, 0.1) is 10.8 Å². The van der Waals surface area contributed by atoms with Gasteiger partial charge in [0, 0.05) is 10.9 Å². The van der Waals surface area contributed by atoms with Crippen LogP contribution in [-0.4, -0.2) is 35.3 Å². The molecular weight excluding hydrogens is 302 g/mol. The molecule has 0 unspecified atom stereocenters. The van der Waals surface area contributed by atoms with Gasteiger partial charge in [-0.3, -0.25) is 5.41 Å². The minimum atomic E-state index is -0.482. The summed E-state index contributed by atoms with van der Waals surface area (Å²) in [6.07, 6.45) is 0. The number of fused-ring (bicyclic) bond motifs is 1. The Kier molecular flexibility index (Phi) is 5.11. The molecule has 0 amide bonds. The van der Waals surface area contributed by atoms with Crippen molar-refractivity contribution in [3.05, 3.63) is 35.4 Å². The first-order chi connectivity index (χ1) is 10.6. The molecule has 0 saturated carbocycles. The number of nitrogens with one attached hydrogen (secondary N) is 2. The second-order valence-electron chi connectivity index (χ2n) is 4.24. The van der Waals surface area contributed by atoms with Crippen molar-refractivity contribution in [2.24, 2.45) is 0 Å². The first-order valence-corrected chi connectivity index (χ1v) is 7.39. The number of pyridine rings is 1. The van der Waals surface area contributed by atoms with Gasteiger partial charge in [0.15, 0.2) is 0 Å².